The van der Waals surface area contributed by atoms with Crippen LogP contribution in [0.3, 0.4) is 0 Å². The smallest absolute Gasteiger partial charge is 0.134 e. The van der Waals surface area contributed by atoms with Gasteiger partial charge in [0.05, 0.1) is 6.61 Å². The van der Waals surface area contributed by atoms with E-state index in [1.54, 1.807) is 0 Å². The van der Waals surface area contributed by atoms with Crippen LogP contribution in [-0.2, 0) is 4.74 Å². The van der Waals surface area contributed by atoms with Gasteiger partial charge >= 0.3 is 0 Å². The molecule has 4 atom stereocenters. The van der Waals surface area contributed by atoms with Crippen LogP contribution in [0.2, 0.25) is 0 Å². The van der Waals surface area contributed by atoms with E-state index in [0.717, 1.165) is 18.4 Å². The molecule has 17 heavy (non-hydrogen) atoms. The van der Waals surface area contributed by atoms with Gasteiger partial charge in [0, 0.05) is 0 Å². The van der Waals surface area contributed by atoms with Crippen LogP contribution in [0.25, 0.3) is 0 Å². The Morgan fingerprint density at radius 3 is 2.65 bits per heavy atom. The molecule has 2 heteroatoms. The first kappa shape index (κ1) is 15.3. The maximum absolute atomic E-state index is 6.32. The fraction of sp³-hybridized carbons (Fsp3) is 1.00. The standard InChI is InChI=1S/C15H29ClO/c1-4-7-8-12(5-2)9-14-10-13(6-3)11-17-15(14)16/h12-15H,4-11H2,1-3H3. The zero-order valence-corrected chi connectivity index (χ0v) is 12.5. The second-order valence-electron chi connectivity index (χ2n) is 5.61. The lowest BCUT2D eigenvalue weighted by molar-refractivity contribution is -0.0202. The summed E-state index contributed by atoms with van der Waals surface area (Å²) in [6, 6.07) is 0. The third-order valence-electron chi connectivity index (χ3n) is 4.25. The van der Waals surface area contributed by atoms with Gasteiger partial charge in [-0.1, -0.05) is 64.5 Å². The summed E-state index contributed by atoms with van der Waals surface area (Å²) in [5, 5.41) is 0. The van der Waals surface area contributed by atoms with Crippen molar-refractivity contribution in [1.82, 2.24) is 0 Å². The van der Waals surface area contributed by atoms with Crippen molar-refractivity contribution in [2.45, 2.75) is 71.3 Å². The van der Waals surface area contributed by atoms with Gasteiger partial charge in [0.1, 0.15) is 5.56 Å². The third-order valence-corrected chi connectivity index (χ3v) is 4.74. The first-order valence-corrected chi connectivity index (χ1v) is 7.90. The van der Waals surface area contributed by atoms with E-state index in [0.29, 0.717) is 5.92 Å². The highest BCUT2D eigenvalue weighted by Crippen LogP contribution is 2.35. The van der Waals surface area contributed by atoms with Crippen molar-refractivity contribution in [2.24, 2.45) is 17.8 Å². The molecule has 1 rings (SSSR count). The monoisotopic (exact) mass is 260 g/mol. The molecule has 0 saturated carbocycles. The maximum atomic E-state index is 6.32. The van der Waals surface area contributed by atoms with Gasteiger partial charge in [0.25, 0.3) is 0 Å². The number of rotatable bonds is 7. The van der Waals surface area contributed by atoms with Crippen LogP contribution in [-0.4, -0.2) is 12.2 Å². The van der Waals surface area contributed by atoms with Crippen molar-refractivity contribution in [1.29, 1.82) is 0 Å². The molecule has 1 saturated heterocycles. The van der Waals surface area contributed by atoms with Crippen LogP contribution in [0.15, 0.2) is 0 Å². The molecule has 0 N–H and O–H groups in total. The SMILES string of the molecule is CCCCC(CC)CC1CC(CC)COC1Cl. The van der Waals surface area contributed by atoms with Gasteiger partial charge in [-0.3, -0.25) is 0 Å². The molecule has 0 amide bonds. The second-order valence-corrected chi connectivity index (χ2v) is 6.04. The minimum absolute atomic E-state index is 0.0338. The van der Waals surface area contributed by atoms with Crippen molar-refractivity contribution in [3.8, 4) is 0 Å². The van der Waals surface area contributed by atoms with E-state index in [-0.39, 0.29) is 5.56 Å². The highest BCUT2D eigenvalue weighted by molar-refractivity contribution is 6.19. The van der Waals surface area contributed by atoms with Crippen LogP contribution in [0.1, 0.15) is 65.7 Å². The summed E-state index contributed by atoms with van der Waals surface area (Å²) in [5.74, 6) is 2.16. The third kappa shape index (κ3) is 5.18. The summed E-state index contributed by atoms with van der Waals surface area (Å²) in [6.07, 6.45) is 9.08. The fourth-order valence-corrected chi connectivity index (χ4v) is 3.14. The van der Waals surface area contributed by atoms with E-state index in [9.17, 15) is 0 Å². The molecule has 1 nitrogen and oxygen atoms in total. The summed E-state index contributed by atoms with van der Waals surface area (Å²) in [6.45, 7) is 7.71. The van der Waals surface area contributed by atoms with Gasteiger partial charge in [-0.25, -0.2) is 0 Å². The van der Waals surface area contributed by atoms with E-state index in [4.69, 9.17) is 16.3 Å². The van der Waals surface area contributed by atoms with Crippen LogP contribution < -0.4 is 0 Å². The van der Waals surface area contributed by atoms with Crippen LogP contribution in [0.5, 0.6) is 0 Å². The molecule has 0 bridgehead atoms. The van der Waals surface area contributed by atoms with E-state index in [1.807, 2.05) is 0 Å². The first-order valence-electron chi connectivity index (χ1n) is 7.46. The molecule has 0 aromatic rings. The van der Waals surface area contributed by atoms with Crippen molar-refractivity contribution in [3.05, 3.63) is 0 Å². The average molecular weight is 261 g/mol. The average Bonchev–Trinajstić information content (AvgIpc) is 2.36. The number of hydrogen-bond donors (Lipinski definition) is 0. The van der Waals surface area contributed by atoms with Crippen molar-refractivity contribution < 1.29 is 4.74 Å². The van der Waals surface area contributed by atoms with Gasteiger partial charge in [-0.05, 0) is 30.6 Å². The number of alkyl halides is 1. The topological polar surface area (TPSA) is 9.23 Å². The highest BCUT2D eigenvalue weighted by atomic mass is 35.5. The Bertz CT molecular complexity index is 195. The molecule has 0 aliphatic carbocycles. The summed E-state index contributed by atoms with van der Waals surface area (Å²) in [5.41, 5.74) is -0.0338. The molecule has 1 aliphatic heterocycles. The molecule has 0 spiro atoms. The van der Waals surface area contributed by atoms with Crippen molar-refractivity contribution in [2.75, 3.05) is 6.61 Å². The highest BCUT2D eigenvalue weighted by Gasteiger charge is 2.30. The largest absolute Gasteiger partial charge is 0.362 e. The van der Waals surface area contributed by atoms with Crippen molar-refractivity contribution in [3.63, 3.8) is 0 Å². The number of halogens is 1. The molecule has 0 aromatic heterocycles. The van der Waals surface area contributed by atoms with E-state index < -0.39 is 0 Å². The Kier molecular flexibility index (Phi) is 7.54. The van der Waals surface area contributed by atoms with E-state index >= 15 is 0 Å². The lowest BCUT2D eigenvalue weighted by atomic mass is 9.82. The van der Waals surface area contributed by atoms with Crippen LogP contribution >= 0.6 is 11.6 Å². The zero-order valence-electron chi connectivity index (χ0n) is 11.8. The van der Waals surface area contributed by atoms with E-state index in [2.05, 4.69) is 20.8 Å². The quantitative estimate of drug-likeness (QED) is 0.570. The molecule has 0 aromatic carbocycles. The van der Waals surface area contributed by atoms with Gasteiger partial charge in [0.15, 0.2) is 0 Å². The Labute approximate surface area is 112 Å². The first-order chi connectivity index (χ1) is 8.21. The summed E-state index contributed by atoms with van der Waals surface area (Å²) in [4.78, 5) is 0. The molecule has 0 radical (unpaired) electrons. The van der Waals surface area contributed by atoms with Gasteiger partial charge < -0.3 is 4.74 Å². The predicted octanol–water partition coefficient (Wildman–Crippen LogP) is 5.22. The Hall–Kier alpha value is 0.250. The normalized spacial score (nSPS) is 31.4. The summed E-state index contributed by atoms with van der Waals surface area (Å²) in [7, 11) is 0. The van der Waals surface area contributed by atoms with Crippen molar-refractivity contribution >= 4 is 11.6 Å². The lowest BCUT2D eigenvalue weighted by Gasteiger charge is -2.34. The van der Waals surface area contributed by atoms with E-state index in [1.165, 1.54) is 44.9 Å². The molecule has 102 valence electrons. The van der Waals surface area contributed by atoms with Gasteiger partial charge in [-0.15, -0.1) is 0 Å². The minimum Gasteiger partial charge on any atom is -0.362 e. The lowest BCUT2D eigenvalue weighted by Crippen LogP contribution is -2.32. The molecular weight excluding hydrogens is 232 g/mol. The minimum atomic E-state index is -0.0338. The Balaban J connectivity index is 2.40. The molecular formula is C15H29ClO. The molecule has 1 fully saturated rings. The molecule has 1 aliphatic rings. The maximum Gasteiger partial charge on any atom is 0.134 e. The molecule has 4 unspecified atom stereocenters. The zero-order chi connectivity index (χ0) is 12.7. The van der Waals surface area contributed by atoms with Gasteiger partial charge in [0.2, 0.25) is 0 Å². The molecule has 1 heterocycles. The van der Waals surface area contributed by atoms with Gasteiger partial charge in [-0.2, -0.15) is 0 Å². The number of ether oxygens (including phenoxy) is 1. The van der Waals surface area contributed by atoms with Crippen LogP contribution in [0.4, 0.5) is 0 Å². The summed E-state index contributed by atoms with van der Waals surface area (Å²) < 4.78 is 5.71. The predicted molar refractivity (Wildman–Crippen MR) is 75.4 cm³/mol. The summed E-state index contributed by atoms with van der Waals surface area (Å²) >= 11 is 6.32. The number of unbranched alkanes of at least 4 members (excludes halogenated alkanes) is 1. The number of hydrogen-bond acceptors (Lipinski definition) is 1. The fourth-order valence-electron chi connectivity index (χ4n) is 2.86. The second kappa shape index (κ2) is 8.37. The van der Waals surface area contributed by atoms with Crippen LogP contribution in [0, 0.1) is 17.8 Å². The Morgan fingerprint density at radius 1 is 1.29 bits per heavy atom. The Morgan fingerprint density at radius 2 is 2.06 bits per heavy atom.